The van der Waals surface area contributed by atoms with Crippen molar-refractivity contribution in [1.82, 2.24) is 4.90 Å². The number of nitrogens with zero attached hydrogens (tertiary/aromatic N) is 1. The van der Waals surface area contributed by atoms with E-state index in [4.69, 9.17) is 17.3 Å². The highest BCUT2D eigenvalue weighted by atomic mass is 35.5. The molecule has 1 aromatic carbocycles. The van der Waals surface area contributed by atoms with Crippen molar-refractivity contribution in [3.63, 3.8) is 0 Å². The molecule has 1 saturated heterocycles. The van der Waals surface area contributed by atoms with Gasteiger partial charge in [-0.05, 0) is 36.1 Å². The molecule has 0 spiro atoms. The number of benzene rings is 1. The predicted molar refractivity (Wildman–Crippen MR) is 86.0 cm³/mol. The van der Waals surface area contributed by atoms with Crippen LogP contribution in [0.15, 0.2) is 24.3 Å². The molecular formula is C15H21ClN2OS. The van der Waals surface area contributed by atoms with Crippen molar-refractivity contribution in [2.45, 2.75) is 19.1 Å². The zero-order valence-corrected chi connectivity index (χ0v) is 13.3. The van der Waals surface area contributed by atoms with Crippen LogP contribution < -0.4 is 5.73 Å². The van der Waals surface area contributed by atoms with E-state index in [1.807, 2.05) is 29.2 Å². The third-order valence-corrected chi connectivity index (χ3v) is 5.05. The third-order valence-electron chi connectivity index (χ3n) is 3.81. The first-order valence-electron chi connectivity index (χ1n) is 6.82. The Balaban J connectivity index is 1.74. The van der Waals surface area contributed by atoms with E-state index in [2.05, 4.69) is 6.92 Å². The number of halogens is 1. The highest BCUT2D eigenvalue weighted by Gasteiger charge is 2.34. The van der Waals surface area contributed by atoms with Gasteiger partial charge in [-0.2, -0.15) is 0 Å². The molecule has 1 amide bonds. The summed E-state index contributed by atoms with van der Waals surface area (Å²) in [5.74, 6) is 1.59. The van der Waals surface area contributed by atoms with E-state index in [9.17, 15) is 4.79 Å². The van der Waals surface area contributed by atoms with Crippen LogP contribution in [0.4, 0.5) is 0 Å². The van der Waals surface area contributed by atoms with Crippen LogP contribution in [0.3, 0.4) is 0 Å². The number of carbonyl (C=O) groups excluding carboxylic acids is 1. The van der Waals surface area contributed by atoms with Crippen molar-refractivity contribution in [2.75, 3.05) is 25.4 Å². The van der Waals surface area contributed by atoms with Crippen LogP contribution in [0.2, 0.25) is 5.02 Å². The number of carbonyl (C=O) groups is 1. The van der Waals surface area contributed by atoms with E-state index < -0.39 is 0 Å². The van der Waals surface area contributed by atoms with Crippen molar-refractivity contribution in [1.29, 1.82) is 0 Å². The van der Waals surface area contributed by atoms with Gasteiger partial charge >= 0.3 is 0 Å². The lowest BCUT2D eigenvalue weighted by Gasteiger charge is -2.22. The largest absolute Gasteiger partial charge is 0.341 e. The number of hydrogen-bond acceptors (Lipinski definition) is 3. The molecule has 1 aliphatic rings. The molecule has 110 valence electrons. The second kappa shape index (κ2) is 6.83. The van der Waals surface area contributed by atoms with Gasteiger partial charge in [-0.3, -0.25) is 4.79 Å². The standard InChI is InChI=1S/C15H21ClN2OS/c1-15(10-17)6-7-18(11-15)14(19)9-20-8-12-2-4-13(16)5-3-12/h2-5H,6-11,17H2,1H3. The zero-order chi connectivity index (χ0) is 14.6. The van der Waals surface area contributed by atoms with Crippen LogP contribution in [0.25, 0.3) is 0 Å². The van der Waals surface area contributed by atoms with Crippen LogP contribution in [0.1, 0.15) is 18.9 Å². The molecule has 0 radical (unpaired) electrons. The molecule has 0 aliphatic carbocycles. The van der Waals surface area contributed by atoms with E-state index in [1.165, 1.54) is 5.56 Å². The molecule has 2 rings (SSSR count). The fourth-order valence-corrected chi connectivity index (χ4v) is 3.34. The second-order valence-electron chi connectivity index (χ2n) is 5.70. The van der Waals surface area contributed by atoms with Gasteiger partial charge in [0, 0.05) is 23.9 Å². The summed E-state index contributed by atoms with van der Waals surface area (Å²) < 4.78 is 0. The normalized spacial score (nSPS) is 22.2. The van der Waals surface area contributed by atoms with Gasteiger partial charge in [0.15, 0.2) is 0 Å². The van der Waals surface area contributed by atoms with E-state index in [-0.39, 0.29) is 11.3 Å². The molecule has 1 aliphatic heterocycles. The van der Waals surface area contributed by atoms with Crippen molar-refractivity contribution >= 4 is 29.3 Å². The average Bonchev–Trinajstić information content (AvgIpc) is 2.84. The fraction of sp³-hybridized carbons (Fsp3) is 0.533. The highest BCUT2D eigenvalue weighted by Crippen LogP contribution is 2.29. The summed E-state index contributed by atoms with van der Waals surface area (Å²) >= 11 is 7.49. The smallest absolute Gasteiger partial charge is 0.232 e. The Kier molecular flexibility index (Phi) is 5.35. The highest BCUT2D eigenvalue weighted by molar-refractivity contribution is 7.99. The number of thioether (sulfide) groups is 1. The molecule has 1 atom stereocenters. The Morgan fingerprint density at radius 2 is 2.15 bits per heavy atom. The summed E-state index contributed by atoms with van der Waals surface area (Å²) in [6.07, 6.45) is 1.01. The van der Waals surface area contributed by atoms with Crippen molar-refractivity contribution in [3.05, 3.63) is 34.9 Å². The summed E-state index contributed by atoms with van der Waals surface area (Å²) in [5, 5.41) is 0.743. The molecule has 2 N–H and O–H groups in total. The first-order valence-corrected chi connectivity index (χ1v) is 8.36. The molecule has 1 fully saturated rings. The van der Waals surface area contributed by atoms with Gasteiger partial charge < -0.3 is 10.6 Å². The maximum atomic E-state index is 12.1. The van der Waals surface area contributed by atoms with Gasteiger partial charge in [-0.25, -0.2) is 0 Å². The Hall–Kier alpha value is -0.710. The SMILES string of the molecule is CC1(CN)CCN(C(=O)CSCc2ccc(Cl)cc2)C1. The molecule has 0 aromatic heterocycles. The molecule has 0 bridgehead atoms. The van der Waals surface area contributed by atoms with Crippen LogP contribution in [-0.4, -0.2) is 36.2 Å². The lowest BCUT2D eigenvalue weighted by Crippen LogP contribution is -2.35. The summed E-state index contributed by atoms with van der Waals surface area (Å²) in [7, 11) is 0. The summed E-state index contributed by atoms with van der Waals surface area (Å²) in [5.41, 5.74) is 7.07. The lowest BCUT2D eigenvalue weighted by atomic mass is 9.90. The lowest BCUT2D eigenvalue weighted by molar-refractivity contribution is -0.127. The predicted octanol–water partition coefficient (Wildman–Crippen LogP) is 2.77. The minimum absolute atomic E-state index is 0.108. The van der Waals surface area contributed by atoms with Gasteiger partial charge in [-0.1, -0.05) is 30.7 Å². The summed E-state index contributed by atoms with van der Waals surface area (Å²) in [6.45, 7) is 4.44. The maximum Gasteiger partial charge on any atom is 0.232 e. The molecule has 3 nitrogen and oxygen atoms in total. The van der Waals surface area contributed by atoms with Crippen LogP contribution in [0, 0.1) is 5.41 Å². The number of nitrogens with two attached hydrogens (primary N) is 1. The average molecular weight is 313 g/mol. The number of rotatable bonds is 5. The summed E-state index contributed by atoms with van der Waals surface area (Å²) in [4.78, 5) is 14.1. The van der Waals surface area contributed by atoms with Crippen LogP contribution in [0.5, 0.6) is 0 Å². The minimum atomic E-state index is 0.108. The first kappa shape index (κ1) is 15.7. The Bertz CT molecular complexity index is 465. The Morgan fingerprint density at radius 1 is 1.45 bits per heavy atom. The van der Waals surface area contributed by atoms with Gasteiger partial charge in [-0.15, -0.1) is 11.8 Å². The molecule has 1 aromatic rings. The number of amides is 1. The zero-order valence-electron chi connectivity index (χ0n) is 11.8. The van der Waals surface area contributed by atoms with Crippen LogP contribution >= 0.6 is 23.4 Å². The van der Waals surface area contributed by atoms with Gasteiger partial charge in [0.05, 0.1) is 5.75 Å². The monoisotopic (exact) mass is 312 g/mol. The van der Waals surface area contributed by atoms with Gasteiger partial charge in [0.1, 0.15) is 0 Å². The molecule has 20 heavy (non-hydrogen) atoms. The van der Waals surface area contributed by atoms with Gasteiger partial charge in [0.25, 0.3) is 0 Å². The number of hydrogen-bond donors (Lipinski definition) is 1. The Morgan fingerprint density at radius 3 is 2.75 bits per heavy atom. The molecule has 1 unspecified atom stereocenters. The second-order valence-corrected chi connectivity index (χ2v) is 7.12. The van der Waals surface area contributed by atoms with Crippen molar-refractivity contribution < 1.29 is 4.79 Å². The summed E-state index contributed by atoms with van der Waals surface area (Å²) in [6, 6.07) is 7.77. The van der Waals surface area contributed by atoms with E-state index in [0.717, 1.165) is 30.3 Å². The quantitative estimate of drug-likeness (QED) is 0.909. The molecule has 0 saturated carbocycles. The van der Waals surface area contributed by atoms with E-state index in [0.29, 0.717) is 12.3 Å². The van der Waals surface area contributed by atoms with E-state index >= 15 is 0 Å². The van der Waals surface area contributed by atoms with E-state index in [1.54, 1.807) is 11.8 Å². The fourth-order valence-electron chi connectivity index (χ4n) is 2.33. The minimum Gasteiger partial charge on any atom is -0.341 e. The van der Waals surface area contributed by atoms with Crippen LogP contribution in [-0.2, 0) is 10.5 Å². The van der Waals surface area contributed by atoms with Crippen molar-refractivity contribution in [2.24, 2.45) is 11.1 Å². The van der Waals surface area contributed by atoms with Crippen molar-refractivity contribution in [3.8, 4) is 0 Å². The molecule has 5 heteroatoms. The molecular weight excluding hydrogens is 292 g/mol. The third kappa shape index (κ3) is 4.14. The molecule has 1 heterocycles. The maximum absolute atomic E-state index is 12.1. The topological polar surface area (TPSA) is 46.3 Å². The number of likely N-dealkylation sites (tertiary alicyclic amines) is 1. The van der Waals surface area contributed by atoms with Gasteiger partial charge in [0.2, 0.25) is 5.91 Å². The Labute approximate surface area is 129 Å². The first-order chi connectivity index (χ1) is 9.52.